The second-order valence-electron chi connectivity index (χ2n) is 7.78. The Balaban J connectivity index is 1.69. The highest BCUT2D eigenvalue weighted by molar-refractivity contribution is 6.44. The molecule has 0 atom stereocenters. The third-order valence-electron chi connectivity index (χ3n) is 5.64. The molecule has 162 valence electrons. The molecule has 0 radical (unpaired) electrons. The van der Waals surface area contributed by atoms with E-state index in [4.69, 9.17) is 0 Å². The molecule has 0 saturated carbocycles. The van der Waals surface area contributed by atoms with E-state index in [9.17, 15) is 14.4 Å². The highest BCUT2D eigenvalue weighted by Gasteiger charge is 2.47. The maximum absolute atomic E-state index is 13.6. The van der Waals surface area contributed by atoms with Crippen molar-refractivity contribution in [1.29, 1.82) is 0 Å². The first kappa shape index (κ1) is 20.4. The number of nitrogens with one attached hydrogen (secondary N) is 1. The summed E-state index contributed by atoms with van der Waals surface area (Å²) in [5, 5.41) is 3.06. The number of pyridine rings is 1. The number of aromatic amines is 1. The van der Waals surface area contributed by atoms with Gasteiger partial charge in [0.05, 0.1) is 17.8 Å². The molecule has 1 aliphatic heterocycles. The fourth-order valence-corrected chi connectivity index (χ4v) is 4.09. The van der Waals surface area contributed by atoms with Crippen LogP contribution in [0.3, 0.4) is 0 Å². The molecule has 1 aliphatic rings. The molecule has 1 N–H and O–H groups in total. The van der Waals surface area contributed by atoms with Gasteiger partial charge in [-0.15, -0.1) is 0 Å². The lowest BCUT2D eigenvalue weighted by molar-refractivity contribution is -0.576. The summed E-state index contributed by atoms with van der Waals surface area (Å²) in [5.74, 6) is -0.934. The quantitative estimate of drug-likeness (QED) is 0.385. The zero-order valence-corrected chi connectivity index (χ0v) is 17.9. The summed E-state index contributed by atoms with van der Waals surface area (Å²) in [6.07, 6.45) is 3.40. The zero-order valence-electron chi connectivity index (χ0n) is 17.9. The van der Waals surface area contributed by atoms with Gasteiger partial charge < -0.3 is 0 Å². The lowest BCUT2D eigenvalue weighted by atomic mass is 10.1. The van der Waals surface area contributed by atoms with Gasteiger partial charge in [0.1, 0.15) is 5.57 Å². The van der Waals surface area contributed by atoms with E-state index in [1.165, 1.54) is 9.58 Å². The first-order valence-corrected chi connectivity index (χ1v) is 10.5. The number of H-pyrrole nitrogens is 1. The Morgan fingerprint density at radius 2 is 1.39 bits per heavy atom. The van der Waals surface area contributed by atoms with Crippen molar-refractivity contribution < 1.29 is 14.2 Å². The molecular weight excluding hydrogens is 416 g/mol. The topological polar surface area (TPSA) is 79.1 Å². The fourth-order valence-electron chi connectivity index (χ4n) is 4.09. The molecule has 0 spiro atoms. The highest BCUT2D eigenvalue weighted by Crippen LogP contribution is 2.30. The SMILES string of the molecule is Cc1[nH]n(-c2ccccc2)c(=O)c1C1=C([n+]2ccccc2)C(=O)N(Cc2ccccc2)C1=O. The van der Waals surface area contributed by atoms with Gasteiger partial charge in [-0.3, -0.25) is 24.4 Å². The number of aryl methyl sites for hydroxylation is 1. The number of carbonyl (C=O) groups is 2. The number of nitrogens with zero attached hydrogens (tertiary/aromatic N) is 3. The van der Waals surface area contributed by atoms with Crippen molar-refractivity contribution in [3.63, 3.8) is 0 Å². The maximum Gasteiger partial charge on any atom is 0.327 e. The monoisotopic (exact) mass is 437 g/mol. The Bertz CT molecular complexity index is 1440. The van der Waals surface area contributed by atoms with Crippen LogP contribution in [0.15, 0.2) is 96.1 Å². The number of carbonyl (C=O) groups excluding carboxylic acids is 2. The molecule has 5 rings (SSSR count). The van der Waals surface area contributed by atoms with Crippen LogP contribution in [0.1, 0.15) is 16.8 Å². The van der Waals surface area contributed by atoms with Crippen molar-refractivity contribution in [2.24, 2.45) is 0 Å². The average molecular weight is 437 g/mol. The Morgan fingerprint density at radius 1 is 0.788 bits per heavy atom. The summed E-state index contributed by atoms with van der Waals surface area (Å²) < 4.78 is 2.99. The van der Waals surface area contributed by atoms with Crippen molar-refractivity contribution in [2.45, 2.75) is 13.5 Å². The number of para-hydroxylation sites is 1. The van der Waals surface area contributed by atoms with Crippen LogP contribution in [0.4, 0.5) is 0 Å². The lowest BCUT2D eigenvalue weighted by Crippen LogP contribution is -2.39. The summed E-state index contributed by atoms with van der Waals surface area (Å²) in [4.78, 5) is 41.8. The van der Waals surface area contributed by atoms with E-state index in [2.05, 4.69) is 5.10 Å². The summed E-state index contributed by atoms with van der Waals surface area (Å²) in [6.45, 7) is 1.85. The van der Waals surface area contributed by atoms with E-state index in [-0.39, 0.29) is 28.9 Å². The van der Waals surface area contributed by atoms with Crippen LogP contribution in [0.5, 0.6) is 0 Å². The molecule has 0 saturated heterocycles. The number of amides is 2. The molecule has 3 heterocycles. The smallest absolute Gasteiger partial charge is 0.295 e. The summed E-state index contributed by atoms with van der Waals surface area (Å²) in [7, 11) is 0. The number of hydrogen-bond donors (Lipinski definition) is 1. The normalized spacial score (nSPS) is 13.8. The van der Waals surface area contributed by atoms with Crippen molar-refractivity contribution in [1.82, 2.24) is 14.7 Å². The van der Waals surface area contributed by atoms with Crippen LogP contribution in [0.2, 0.25) is 0 Å². The molecule has 0 fully saturated rings. The molecule has 0 bridgehead atoms. The number of aromatic nitrogens is 3. The second-order valence-corrected chi connectivity index (χ2v) is 7.78. The van der Waals surface area contributed by atoms with Gasteiger partial charge in [-0.2, -0.15) is 4.57 Å². The summed E-state index contributed by atoms with van der Waals surface area (Å²) in [6, 6.07) is 23.8. The lowest BCUT2D eigenvalue weighted by Gasteiger charge is -2.13. The van der Waals surface area contributed by atoms with Crippen LogP contribution >= 0.6 is 0 Å². The summed E-state index contributed by atoms with van der Waals surface area (Å²) >= 11 is 0. The predicted molar refractivity (Wildman–Crippen MR) is 123 cm³/mol. The van der Waals surface area contributed by atoms with Gasteiger partial charge in [-0.05, 0) is 24.6 Å². The van der Waals surface area contributed by atoms with E-state index in [1.54, 1.807) is 48.1 Å². The van der Waals surface area contributed by atoms with Crippen molar-refractivity contribution in [3.05, 3.63) is 118 Å². The third-order valence-corrected chi connectivity index (χ3v) is 5.64. The highest BCUT2D eigenvalue weighted by atomic mass is 16.2. The minimum absolute atomic E-state index is 0.0977. The minimum atomic E-state index is -0.491. The largest absolute Gasteiger partial charge is 0.327 e. The Hall–Kier alpha value is -4.52. The van der Waals surface area contributed by atoms with Gasteiger partial charge in [0.15, 0.2) is 12.4 Å². The Labute approximate surface area is 189 Å². The van der Waals surface area contributed by atoms with Gasteiger partial charge in [-0.25, -0.2) is 4.68 Å². The van der Waals surface area contributed by atoms with E-state index in [1.807, 2.05) is 54.6 Å². The third kappa shape index (κ3) is 3.49. The first-order chi connectivity index (χ1) is 16.1. The van der Waals surface area contributed by atoms with Crippen LogP contribution in [-0.2, 0) is 16.1 Å². The summed E-state index contributed by atoms with van der Waals surface area (Å²) in [5.41, 5.74) is 2.05. The molecule has 33 heavy (non-hydrogen) atoms. The van der Waals surface area contributed by atoms with E-state index >= 15 is 0 Å². The van der Waals surface area contributed by atoms with Crippen molar-refractivity contribution in [2.75, 3.05) is 0 Å². The average Bonchev–Trinajstić information content (AvgIpc) is 3.27. The fraction of sp³-hybridized carbons (Fsp3) is 0.0769. The maximum atomic E-state index is 13.6. The van der Waals surface area contributed by atoms with Crippen molar-refractivity contribution >= 4 is 23.1 Å². The molecule has 2 amide bonds. The first-order valence-electron chi connectivity index (χ1n) is 10.5. The molecule has 2 aromatic heterocycles. The van der Waals surface area contributed by atoms with Gasteiger partial charge >= 0.3 is 5.91 Å². The van der Waals surface area contributed by atoms with Crippen LogP contribution < -0.4 is 10.1 Å². The van der Waals surface area contributed by atoms with Crippen LogP contribution in [0.25, 0.3) is 17.0 Å². The van der Waals surface area contributed by atoms with Crippen molar-refractivity contribution in [3.8, 4) is 5.69 Å². The van der Waals surface area contributed by atoms with Gasteiger partial charge in [0.25, 0.3) is 17.2 Å². The van der Waals surface area contributed by atoms with Crippen LogP contribution in [-0.4, -0.2) is 26.5 Å². The van der Waals surface area contributed by atoms with Crippen LogP contribution in [0, 0.1) is 6.92 Å². The number of imide groups is 1. The Kier molecular flexibility index (Phi) is 5.06. The molecule has 0 aliphatic carbocycles. The second kappa shape index (κ2) is 8.20. The number of benzene rings is 2. The number of rotatable bonds is 5. The minimum Gasteiger partial charge on any atom is -0.295 e. The van der Waals surface area contributed by atoms with E-state index in [0.29, 0.717) is 11.4 Å². The van der Waals surface area contributed by atoms with Gasteiger partial charge in [0, 0.05) is 17.8 Å². The molecular formula is C26H21N4O3+. The molecule has 7 heteroatoms. The van der Waals surface area contributed by atoms with Gasteiger partial charge in [0.2, 0.25) is 0 Å². The van der Waals surface area contributed by atoms with E-state index < -0.39 is 11.8 Å². The standard InChI is InChI=1S/C26H20N4O3/c1-18-21(25(32)30(27-18)20-13-7-3-8-14-20)22-23(28-15-9-4-10-16-28)26(33)29(24(22)31)17-19-11-5-2-6-12-19/h2-16H,17H2,1H3/p+1. The predicted octanol–water partition coefficient (Wildman–Crippen LogP) is 2.70. The molecule has 0 unspecified atom stereocenters. The Morgan fingerprint density at radius 3 is 2.06 bits per heavy atom. The van der Waals surface area contributed by atoms with Gasteiger partial charge in [-0.1, -0.05) is 54.6 Å². The molecule has 7 nitrogen and oxygen atoms in total. The molecule has 2 aromatic carbocycles. The zero-order chi connectivity index (χ0) is 22.9. The number of hydrogen-bond acceptors (Lipinski definition) is 3. The molecule has 4 aromatic rings. The van der Waals surface area contributed by atoms with E-state index in [0.717, 1.165) is 5.56 Å².